The standard InChI is InChI=1S/C15H15ClN2O2/c1-10-6-13(7-11(2)15(10)16)20-9-14(19)18-12-4-3-5-17-8-12/h3-8H,9H2,1-2H3,(H,18,19). The molecule has 5 heteroatoms. The summed E-state index contributed by atoms with van der Waals surface area (Å²) >= 11 is 6.08. The second kappa shape index (κ2) is 6.39. The lowest BCUT2D eigenvalue weighted by atomic mass is 10.1. The van der Waals surface area contributed by atoms with E-state index in [0.29, 0.717) is 11.4 Å². The largest absolute Gasteiger partial charge is 0.484 e. The van der Waals surface area contributed by atoms with Gasteiger partial charge >= 0.3 is 0 Å². The lowest BCUT2D eigenvalue weighted by Gasteiger charge is -2.10. The van der Waals surface area contributed by atoms with Crippen molar-refractivity contribution < 1.29 is 9.53 Å². The molecule has 2 aromatic rings. The van der Waals surface area contributed by atoms with Crippen molar-refractivity contribution in [1.29, 1.82) is 0 Å². The molecule has 0 radical (unpaired) electrons. The van der Waals surface area contributed by atoms with Crippen molar-refractivity contribution in [3.63, 3.8) is 0 Å². The van der Waals surface area contributed by atoms with Crippen LogP contribution in [0.15, 0.2) is 36.7 Å². The van der Waals surface area contributed by atoms with E-state index in [9.17, 15) is 4.79 Å². The molecule has 1 aromatic carbocycles. The van der Waals surface area contributed by atoms with Crippen molar-refractivity contribution in [1.82, 2.24) is 4.98 Å². The summed E-state index contributed by atoms with van der Waals surface area (Å²) in [5.74, 6) is 0.397. The summed E-state index contributed by atoms with van der Waals surface area (Å²) in [6.07, 6.45) is 3.22. The first-order valence-electron chi connectivity index (χ1n) is 6.15. The minimum absolute atomic E-state index is 0.0601. The highest BCUT2D eigenvalue weighted by Gasteiger charge is 2.07. The third-order valence-electron chi connectivity index (χ3n) is 2.73. The molecule has 104 valence electrons. The number of hydrogen-bond acceptors (Lipinski definition) is 3. The van der Waals surface area contributed by atoms with Gasteiger partial charge in [-0.2, -0.15) is 0 Å². The lowest BCUT2D eigenvalue weighted by Crippen LogP contribution is -2.20. The maximum atomic E-state index is 11.7. The quantitative estimate of drug-likeness (QED) is 0.939. The van der Waals surface area contributed by atoms with Crippen molar-refractivity contribution in [3.05, 3.63) is 52.8 Å². The van der Waals surface area contributed by atoms with Crippen LogP contribution in [0, 0.1) is 13.8 Å². The Morgan fingerprint density at radius 3 is 2.65 bits per heavy atom. The van der Waals surface area contributed by atoms with Crippen LogP contribution in [-0.2, 0) is 4.79 Å². The molecule has 0 aliphatic rings. The number of ether oxygens (including phenoxy) is 1. The van der Waals surface area contributed by atoms with Gasteiger partial charge in [-0.1, -0.05) is 11.6 Å². The Kier molecular flexibility index (Phi) is 4.58. The van der Waals surface area contributed by atoms with Crippen LogP contribution >= 0.6 is 11.6 Å². The predicted octanol–water partition coefficient (Wildman–Crippen LogP) is 3.37. The highest BCUT2D eigenvalue weighted by atomic mass is 35.5. The summed E-state index contributed by atoms with van der Waals surface area (Å²) in [4.78, 5) is 15.7. The number of anilines is 1. The van der Waals surface area contributed by atoms with Crippen molar-refractivity contribution in [2.45, 2.75) is 13.8 Å². The Morgan fingerprint density at radius 1 is 1.35 bits per heavy atom. The molecular formula is C15H15ClN2O2. The highest BCUT2D eigenvalue weighted by molar-refractivity contribution is 6.32. The number of aryl methyl sites for hydroxylation is 2. The Hall–Kier alpha value is -2.07. The van der Waals surface area contributed by atoms with E-state index in [4.69, 9.17) is 16.3 Å². The van der Waals surface area contributed by atoms with Gasteiger partial charge in [0.15, 0.2) is 6.61 Å². The molecular weight excluding hydrogens is 276 g/mol. The summed E-state index contributed by atoms with van der Waals surface area (Å²) in [5, 5.41) is 3.42. The zero-order chi connectivity index (χ0) is 14.5. The number of rotatable bonds is 4. The fourth-order valence-electron chi connectivity index (χ4n) is 1.77. The third-order valence-corrected chi connectivity index (χ3v) is 3.32. The number of carbonyl (C=O) groups is 1. The second-order valence-electron chi connectivity index (χ2n) is 4.45. The van der Waals surface area contributed by atoms with E-state index in [1.165, 1.54) is 0 Å². The Morgan fingerprint density at radius 2 is 2.05 bits per heavy atom. The molecule has 1 N–H and O–H groups in total. The number of carbonyl (C=O) groups excluding carboxylic acids is 1. The number of pyridine rings is 1. The van der Waals surface area contributed by atoms with E-state index in [-0.39, 0.29) is 12.5 Å². The van der Waals surface area contributed by atoms with Crippen LogP contribution in [0.3, 0.4) is 0 Å². The van der Waals surface area contributed by atoms with Crippen molar-refractivity contribution in [2.75, 3.05) is 11.9 Å². The molecule has 0 aliphatic carbocycles. The number of halogens is 1. The molecule has 4 nitrogen and oxygen atoms in total. The summed E-state index contributed by atoms with van der Waals surface area (Å²) < 4.78 is 5.47. The number of hydrogen-bond donors (Lipinski definition) is 1. The van der Waals surface area contributed by atoms with Crippen LogP contribution in [-0.4, -0.2) is 17.5 Å². The van der Waals surface area contributed by atoms with E-state index < -0.39 is 0 Å². The lowest BCUT2D eigenvalue weighted by molar-refractivity contribution is -0.118. The number of benzene rings is 1. The first kappa shape index (κ1) is 14.3. The second-order valence-corrected chi connectivity index (χ2v) is 4.83. The van der Waals surface area contributed by atoms with Crippen LogP contribution < -0.4 is 10.1 Å². The molecule has 0 fully saturated rings. The summed E-state index contributed by atoms with van der Waals surface area (Å²) in [6.45, 7) is 3.74. The maximum absolute atomic E-state index is 11.7. The zero-order valence-electron chi connectivity index (χ0n) is 11.3. The third kappa shape index (κ3) is 3.71. The van der Waals surface area contributed by atoms with Crippen molar-refractivity contribution in [3.8, 4) is 5.75 Å². The minimum atomic E-state index is -0.233. The average Bonchev–Trinajstić information content (AvgIpc) is 2.43. The van der Waals surface area contributed by atoms with Gasteiger partial charge in [0.2, 0.25) is 0 Å². The Balaban J connectivity index is 1.94. The van der Waals surface area contributed by atoms with Gasteiger partial charge in [-0.25, -0.2) is 0 Å². The van der Waals surface area contributed by atoms with Gasteiger partial charge in [0.1, 0.15) is 5.75 Å². The van der Waals surface area contributed by atoms with E-state index in [1.807, 2.05) is 26.0 Å². The monoisotopic (exact) mass is 290 g/mol. The smallest absolute Gasteiger partial charge is 0.262 e. The summed E-state index contributed by atoms with van der Waals surface area (Å²) in [6, 6.07) is 7.14. The van der Waals surface area contributed by atoms with Gasteiger partial charge in [-0.05, 0) is 49.2 Å². The van der Waals surface area contributed by atoms with Crippen LogP contribution in [0.4, 0.5) is 5.69 Å². The molecule has 0 atom stereocenters. The number of aromatic nitrogens is 1. The van der Waals surface area contributed by atoms with Crippen LogP contribution in [0.1, 0.15) is 11.1 Å². The molecule has 0 saturated carbocycles. The summed E-state index contributed by atoms with van der Waals surface area (Å²) in [5.41, 5.74) is 2.49. The van der Waals surface area contributed by atoms with Crippen molar-refractivity contribution >= 4 is 23.2 Å². The van der Waals surface area contributed by atoms with E-state index in [1.54, 1.807) is 24.5 Å². The molecule has 1 heterocycles. The van der Waals surface area contributed by atoms with Gasteiger partial charge in [0.05, 0.1) is 11.9 Å². The molecule has 0 saturated heterocycles. The molecule has 1 amide bonds. The Bertz CT molecular complexity index is 592. The molecule has 1 aromatic heterocycles. The first-order chi connectivity index (χ1) is 9.56. The fourth-order valence-corrected chi connectivity index (χ4v) is 1.88. The topological polar surface area (TPSA) is 51.2 Å². The van der Waals surface area contributed by atoms with Gasteiger partial charge < -0.3 is 10.1 Å². The minimum Gasteiger partial charge on any atom is -0.484 e. The molecule has 0 bridgehead atoms. The van der Waals surface area contributed by atoms with E-state index in [0.717, 1.165) is 16.1 Å². The molecule has 0 spiro atoms. The molecule has 0 unspecified atom stereocenters. The van der Waals surface area contributed by atoms with Crippen LogP contribution in [0.5, 0.6) is 5.75 Å². The highest BCUT2D eigenvalue weighted by Crippen LogP contribution is 2.25. The fraction of sp³-hybridized carbons (Fsp3) is 0.200. The summed E-state index contributed by atoms with van der Waals surface area (Å²) in [7, 11) is 0. The predicted molar refractivity (Wildman–Crippen MR) is 79.3 cm³/mol. The first-order valence-corrected chi connectivity index (χ1v) is 6.53. The molecule has 2 rings (SSSR count). The zero-order valence-corrected chi connectivity index (χ0v) is 12.1. The van der Waals surface area contributed by atoms with Crippen LogP contribution in [0.25, 0.3) is 0 Å². The van der Waals surface area contributed by atoms with Gasteiger partial charge in [0.25, 0.3) is 5.91 Å². The average molecular weight is 291 g/mol. The normalized spacial score (nSPS) is 10.2. The molecule has 20 heavy (non-hydrogen) atoms. The van der Waals surface area contributed by atoms with Gasteiger partial charge in [-0.15, -0.1) is 0 Å². The maximum Gasteiger partial charge on any atom is 0.262 e. The SMILES string of the molecule is Cc1cc(OCC(=O)Nc2cccnc2)cc(C)c1Cl. The van der Waals surface area contributed by atoms with Crippen LogP contribution in [0.2, 0.25) is 5.02 Å². The van der Waals surface area contributed by atoms with E-state index >= 15 is 0 Å². The van der Waals surface area contributed by atoms with Gasteiger partial charge in [-0.3, -0.25) is 9.78 Å². The van der Waals surface area contributed by atoms with E-state index in [2.05, 4.69) is 10.3 Å². The number of nitrogens with zero attached hydrogens (tertiary/aromatic N) is 1. The van der Waals surface area contributed by atoms with Crippen molar-refractivity contribution in [2.24, 2.45) is 0 Å². The number of nitrogens with one attached hydrogen (secondary N) is 1. The number of amides is 1. The Labute approximate surface area is 122 Å². The molecule has 0 aliphatic heterocycles. The van der Waals surface area contributed by atoms with Gasteiger partial charge in [0, 0.05) is 11.2 Å².